The van der Waals surface area contributed by atoms with Crippen molar-refractivity contribution in [2.75, 3.05) is 5.32 Å². The van der Waals surface area contributed by atoms with Gasteiger partial charge >= 0.3 is 0 Å². The number of hydrogen-bond acceptors (Lipinski definition) is 2. The molecule has 1 aromatic heterocycles. The number of hydrogen-bond donors (Lipinski definition) is 1. The van der Waals surface area contributed by atoms with Crippen molar-refractivity contribution < 1.29 is 9.59 Å². The maximum atomic E-state index is 12.8. The van der Waals surface area contributed by atoms with E-state index in [1.165, 1.54) is 0 Å². The first-order chi connectivity index (χ1) is 13.0. The molecule has 5 heteroatoms. The minimum absolute atomic E-state index is 0.00792. The Bertz CT molecular complexity index is 1020. The van der Waals surface area contributed by atoms with E-state index in [2.05, 4.69) is 21.2 Å². The molecule has 0 fully saturated rings. The molecule has 4 nitrogen and oxygen atoms in total. The number of aromatic nitrogens is 1. The zero-order valence-electron chi connectivity index (χ0n) is 14.9. The van der Waals surface area contributed by atoms with Gasteiger partial charge in [-0.3, -0.25) is 9.59 Å². The molecule has 1 aliphatic heterocycles. The van der Waals surface area contributed by atoms with E-state index < -0.39 is 0 Å². The highest BCUT2D eigenvalue weighted by atomic mass is 79.9. The predicted octanol–water partition coefficient (Wildman–Crippen LogP) is 4.92. The standard InChI is InChI=1S/C22H19BrN2O2/c1-14-13-16(7-8-18(14)23)24-22(27)17-11-12-25-19(17)9-10-20(25)21(26)15-5-3-2-4-6-15/h2-10,13,17H,11-12H2,1H3,(H,24,27)/t17-/m1/s1. The number of anilines is 1. The van der Waals surface area contributed by atoms with Crippen molar-refractivity contribution in [3.05, 3.63) is 87.7 Å². The molecule has 1 amide bonds. The van der Waals surface area contributed by atoms with Gasteiger partial charge in [-0.25, -0.2) is 0 Å². The van der Waals surface area contributed by atoms with Gasteiger partial charge in [-0.05, 0) is 49.2 Å². The third-order valence-corrected chi connectivity index (χ3v) is 5.91. The van der Waals surface area contributed by atoms with Crippen molar-refractivity contribution in [3.63, 3.8) is 0 Å². The van der Waals surface area contributed by atoms with Crippen molar-refractivity contribution in [1.29, 1.82) is 0 Å². The van der Waals surface area contributed by atoms with Gasteiger partial charge in [0.2, 0.25) is 11.7 Å². The Morgan fingerprint density at radius 2 is 1.85 bits per heavy atom. The Morgan fingerprint density at radius 1 is 1.07 bits per heavy atom. The molecule has 0 bridgehead atoms. The van der Waals surface area contributed by atoms with E-state index >= 15 is 0 Å². The molecule has 136 valence electrons. The number of aryl methyl sites for hydroxylation is 1. The quantitative estimate of drug-likeness (QED) is 0.606. The first-order valence-electron chi connectivity index (χ1n) is 8.91. The summed E-state index contributed by atoms with van der Waals surface area (Å²) < 4.78 is 2.99. The number of halogens is 1. The SMILES string of the molecule is Cc1cc(NC(=O)[C@@H]2CCn3c(C(=O)c4ccccc4)ccc32)ccc1Br. The molecule has 3 aromatic rings. The number of amides is 1. The second kappa shape index (κ2) is 7.16. The number of carbonyl (C=O) groups excluding carboxylic acids is 2. The number of ketones is 1. The van der Waals surface area contributed by atoms with Crippen LogP contribution in [-0.2, 0) is 11.3 Å². The Kier molecular flexibility index (Phi) is 4.70. The van der Waals surface area contributed by atoms with E-state index in [4.69, 9.17) is 0 Å². The molecule has 2 aromatic carbocycles. The van der Waals surface area contributed by atoms with Crippen LogP contribution in [0.5, 0.6) is 0 Å². The zero-order valence-corrected chi connectivity index (χ0v) is 16.5. The number of nitrogens with one attached hydrogen (secondary N) is 1. The van der Waals surface area contributed by atoms with Crippen molar-refractivity contribution >= 4 is 33.3 Å². The molecule has 0 aliphatic carbocycles. The fourth-order valence-electron chi connectivity index (χ4n) is 3.60. The van der Waals surface area contributed by atoms with Crippen LogP contribution in [-0.4, -0.2) is 16.3 Å². The summed E-state index contributed by atoms with van der Waals surface area (Å²) in [6.45, 7) is 2.66. The summed E-state index contributed by atoms with van der Waals surface area (Å²) in [5.74, 6) is -0.287. The van der Waals surface area contributed by atoms with E-state index in [1.54, 1.807) is 0 Å². The van der Waals surface area contributed by atoms with Gasteiger partial charge in [-0.1, -0.05) is 46.3 Å². The summed E-state index contributed by atoms with van der Waals surface area (Å²) in [6, 6.07) is 18.7. The molecule has 0 radical (unpaired) electrons. The van der Waals surface area contributed by atoms with E-state index in [1.807, 2.05) is 72.2 Å². The van der Waals surface area contributed by atoms with Gasteiger partial charge in [0, 0.05) is 28.0 Å². The van der Waals surface area contributed by atoms with Crippen LogP contribution >= 0.6 is 15.9 Å². The van der Waals surface area contributed by atoms with Crippen LogP contribution < -0.4 is 5.32 Å². The maximum absolute atomic E-state index is 12.8. The summed E-state index contributed by atoms with van der Waals surface area (Å²) in [5.41, 5.74) is 4.06. The number of rotatable bonds is 4. The van der Waals surface area contributed by atoms with Crippen LogP contribution in [0.2, 0.25) is 0 Å². The van der Waals surface area contributed by atoms with Gasteiger partial charge in [0.1, 0.15) is 0 Å². The highest BCUT2D eigenvalue weighted by Crippen LogP contribution is 2.32. The summed E-state index contributed by atoms with van der Waals surface area (Å²) in [5, 5.41) is 3.00. The fraction of sp³-hybridized carbons (Fsp3) is 0.182. The minimum Gasteiger partial charge on any atom is -0.341 e. The largest absolute Gasteiger partial charge is 0.341 e. The van der Waals surface area contributed by atoms with Crippen LogP contribution in [0.25, 0.3) is 0 Å². The average Bonchev–Trinajstić information content (AvgIpc) is 3.27. The van der Waals surface area contributed by atoms with Gasteiger partial charge in [0.15, 0.2) is 0 Å². The first kappa shape index (κ1) is 17.7. The molecule has 4 rings (SSSR count). The second-order valence-corrected chi connectivity index (χ2v) is 7.64. The molecule has 1 N–H and O–H groups in total. The molecule has 0 unspecified atom stereocenters. The lowest BCUT2D eigenvalue weighted by molar-refractivity contribution is -0.117. The molecular weight excluding hydrogens is 404 g/mol. The molecule has 0 saturated heterocycles. The van der Waals surface area contributed by atoms with Gasteiger partial charge in [0.05, 0.1) is 11.6 Å². The summed E-state index contributed by atoms with van der Waals surface area (Å²) in [4.78, 5) is 25.6. The molecule has 0 saturated carbocycles. The van der Waals surface area contributed by atoms with Gasteiger partial charge in [0.25, 0.3) is 0 Å². The van der Waals surface area contributed by atoms with Gasteiger partial charge < -0.3 is 9.88 Å². The van der Waals surface area contributed by atoms with Crippen LogP contribution in [0.4, 0.5) is 5.69 Å². The zero-order chi connectivity index (χ0) is 19.0. The molecule has 2 heterocycles. The number of nitrogens with zero attached hydrogens (tertiary/aromatic N) is 1. The second-order valence-electron chi connectivity index (χ2n) is 6.78. The lowest BCUT2D eigenvalue weighted by Crippen LogP contribution is -2.19. The molecule has 1 atom stereocenters. The molecule has 27 heavy (non-hydrogen) atoms. The summed E-state index contributed by atoms with van der Waals surface area (Å²) in [7, 11) is 0. The highest BCUT2D eigenvalue weighted by Gasteiger charge is 2.32. The van der Waals surface area contributed by atoms with Crippen molar-refractivity contribution in [2.24, 2.45) is 0 Å². The van der Waals surface area contributed by atoms with Gasteiger partial charge in [-0.15, -0.1) is 0 Å². The van der Waals surface area contributed by atoms with Crippen LogP contribution in [0.15, 0.2) is 65.1 Å². The van der Waals surface area contributed by atoms with E-state index in [0.29, 0.717) is 24.2 Å². The Hall–Kier alpha value is -2.66. The van der Waals surface area contributed by atoms with Crippen molar-refractivity contribution in [2.45, 2.75) is 25.8 Å². The minimum atomic E-state index is -0.244. The van der Waals surface area contributed by atoms with E-state index in [-0.39, 0.29) is 17.6 Å². The molecule has 0 spiro atoms. The van der Waals surface area contributed by atoms with E-state index in [0.717, 1.165) is 21.4 Å². The average molecular weight is 423 g/mol. The van der Waals surface area contributed by atoms with Gasteiger partial charge in [-0.2, -0.15) is 0 Å². The number of carbonyl (C=O) groups is 2. The Balaban J connectivity index is 1.55. The van der Waals surface area contributed by atoms with Crippen LogP contribution in [0, 0.1) is 6.92 Å². The van der Waals surface area contributed by atoms with E-state index in [9.17, 15) is 9.59 Å². The Morgan fingerprint density at radius 3 is 2.59 bits per heavy atom. The summed E-state index contributed by atoms with van der Waals surface area (Å²) in [6.07, 6.45) is 0.701. The molecule has 1 aliphatic rings. The van der Waals surface area contributed by atoms with Crippen molar-refractivity contribution in [1.82, 2.24) is 4.57 Å². The Labute approximate surface area is 166 Å². The monoisotopic (exact) mass is 422 g/mol. The highest BCUT2D eigenvalue weighted by molar-refractivity contribution is 9.10. The smallest absolute Gasteiger partial charge is 0.233 e. The first-order valence-corrected chi connectivity index (χ1v) is 9.70. The fourth-order valence-corrected chi connectivity index (χ4v) is 3.84. The summed E-state index contributed by atoms with van der Waals surface area (Å²) >= 11 is 3.47. The third-order valence-electron chi connectivity index (χ3n) is 5.02. The lowest BCUT2D eigenvalue weighted by Gasteiger charge is -2.12. The number of fused-ring (bicyclic) bond motifs is 1. The van der Waals surface area contributed by atoms with Crippen LogP contribution in [0.3, 0.4) is 0 Å². The predicted molar refractivity (Wildman–Crippen MR) is 109 cm³/mol. The van der Waals surface area contributed by atoms with Crippen LogP contribution in [0.1, 0.15) is 39.6 Å². The normalized spacial score (nSPS) is 15.4. The topological polar surface area (TPSA) is 51.1 Å². The maximum Gasteiger partial charge on any atom is 0.233 e. The van der Waals surface area contributed by atoms with Crippen molar-refractivity contribution in [3.8, 4) is 0 Å². The number of benzene rings is 2. The molecular formula is C22H19BrN2O2. The third kappa shape index (κ3) is 3.35. The lowest BCUT2D eigenvalue weighted by atomic mass is 10.0.